The third kappa shape index (κ3) is 5.37. The minimum Gasteiger partial charge on any atom is -0.383 e. The Morgan fingerprint density at radius 3 is 2.80 bits per heavy atom. The average Bonchev–Trinajstić information content (AvgIpc) is 2.41. The van der Waals surface area contributed by atoms with Crippen LogP contribution in [0.15, 0.2) is 22.7 Å². The quantitative estimate of drug-likeness (QED) is 0.509. The number of ether oxygens (including phenoxy) is 1. The van der Waals surface area contributed by atoms with E-state index in [1.165, 1.54) is 0 Å². The van der Waals surface area contributed by atoms with Crippen molar-refractivity contribution < 1.29 is 14.3 Å². The van der Waals surface area contributed by atoms with Crippen LogP contribution in [-0.2, 0) is 9.53 Å². The summed E-state index contributed by atoms with van der Waals surface area (Å²) in [7, 11) is 1.56. The molecule has 0 aromatic heterocycles. The fourth-order valence-electron chi connectivity index (χ4n) is 1.44. The largest absolute Gasteiger partial charge is 0.383 e. The van der Waals surface area contributed by atoms with E-state index in [1.807, 2.05) is 6.07 Å². The highest BCUT2D eigenvalue weighted by atomic mass is 127. The number of carbonyl (C=O) groups is 2. The maximum Gasteiger partial charge on any atom is 0.253 e. The second kappa shape index (κ2) is 8.58. The maximum atomic E-state index is 12.1. The Bertz CT molecular complexity index is 497. The molecule has 0 aliphatic rings. The van der Waals surface area contributed by atoms with Gasteiger partial charge in [0.05, 0.1) is 12.2 Å². The summed E-state index contributed by atoms with van der Waals surface area (Å²) in [6, 6.07) is 4.85. The van der Waals surface area contributed by atoms with Crippen LogP contribution in [0.3, 0.4) is 0 Å². The van der Waals surface area contributed by atoms with Gasteiger partial charge >= 0.3 is 0 Å². The van der Waals surface area contributed by atoms with Crippen molar-refractivity contribution >= 4 is 50.3 Å². The fourth-order valence-corrected chi connectivity index (χ4v) is 2.36. The number of benzene rings is 1. The van der Waals surface area contributed by atoms with Crippen LogP contribution in [0.4, 0.5) is 0 Å². The lowest BCUT2D eigenvalue weighted by atomic mass is 10.2. The van der Waals surface area contributed by atoms with Crippen LogP contribution >= 0.6 is 38.5 Å². The molecule has 1 aromatic rings. The van der Waals surface area contributed by atoms with E-state index >= 15 is 0 Å². The van der Waals surface area contributed by atoms with Crippen LogP contribution in [-0.4, -0.2) is 38.1 Å². The summed E-state index contributed by atoms with van der Waals surface area (Å²) in [6.45, 7) is 2.50. The van der Waals surface area contributed by atoms with E-state index < -0.39 is 6.04 Å². The number of hydrogen-bond donors (Lipinski definition) is 2. The number of amides is 2. The average molecular weight is 455 g/mol. The topological polar surface area (TPSA) is 67.4 Å². The van der Waals surface area contributed by atoms with E-state index in [-0.39, 0.29) is 11.8 Å². The molecule has 5 nitrogen and oxygen atoms in total. The lowest BCUT2D eigenvalue weighted by Crippen LogP contribution is -2.45. The van der Waals surface area contributed by atoms with Crippen LogP contribution < -0.4 is 10.6 Å². The van der Waals surface area contributed by atoms with Gasteiger partial charge in [-0.25, -0.2) is 0 Å². The molecule has 20 heavy (non-hydrogen) atoms. The summed E-state index contributed by atoms with van der Waals surface area (Å²) in [5, 5.41) is 5.34. The van der Waals surface area contributed by atoms with Gasteiger partial charge in [-0.05, 0) is 63.6 Å². The second-order valence-electron chi connectivity index (χ2n) is 4.10. The van der Waals surface area contributed by atoms with Gasteiger partial charge < -0.3 is 15.4 Å². The van der Waals surface area contributed by atoms with Gasteiger partial charge in [0, 0.05) is 21.7 Å². The van der Waals surface area contributed by atoms with Gasteiger partial charge in [0.2, 0.25) is 5.91 Å². The van der Waals surface area contributed by atoms with Crippen molar-refractivity contribution in [2.24, 2.45) is 0 Å². The van der Waals surface area contributed by atoms with Gasteiger partial charge in [-0.3, -0.25) is 9.59 Å². The molecule has 2 amide bonds. The summed E-state index contributed by atoms with van der Waals surface area (Å²) in [5.74, 6) is -0.526. The Morgan fingerprint density at radius 1 is 1.45 bits per heavy atom. The van der Waals surface area contributed by atoms with Gasteiger partial charge in [0.25, 0.3) is 5.91 Å². The SMILES string of the molecule is COCCNC(=O)C(C)NC(=O)c1cc(I)ccc1Br. The fraction of sp³-hybridized carbons (Fsp3) is 0.385. The Kier molecular flexibility index (Phi) is 7.46. The lowest BCUT2D eigenvalue weighted by Gasteiger charge is -2.14. The van der Waals surface area contributed by atoms with Crippen LogP contribution in [0.5, 0.6) is 0 Å². The zero-order valence-corrected chi connectivity index (χ0v) is 14.9. The van der Waals surface area contributed by atoms with Crippen molar-refractivity contribution in [1.82, 2.24) is 10.6 Å². The standard InChI is InChI=1S/C13H16BrIN2O3/c1-8(12(18)16-5-6-20-2)17-13(19)10-7-9(15)3-4-11(10)14/h3-4,7-8H,5-6H2,1-2H3,(H,16,18)(H,17,19). The molecule has 110 valence electrons. The molecule has 2 N–H and O–H groups in total. The molecule has 0 heterocycles. The zero-order valence-electron chi connectivity index (χ0n) is 11.2. The predicted octanol–water partition coefficient (Wildman–Crippen LogP) is 1.93. The number of hydrogen-bond acceptors (Lipinski definition) is 3. The molecule has 0 radical (unpaired) electrons. The Balaban J connectivity index is 2.61. The van der Waals surface area contributed by atoms with Crippen molar-refractivity contribution in [2.75, 3.05) is 20.3 Å². The van der Waals surface area contributed by atoms with E-state index in [2.05, 4.69) is 49.2 Å². The molecule has 0 aliphatic carbocycles. The summed E-state index contributed by atoms with van der Waals surface area (Å²) in [6.07, 6.45) is 0. The van der Waals surface area contributed by atoms with Crippen LogP contribution in [0.1, 0.15) is 17.3 Å². The molecule has 0 fully saturated rings. The highest BCUT2D eigenvalue weighted by Crippen LogP contribution is 2.19. The molecular formula is C13H16BrIN2O3. The van der Waals surface area contributed by atoms with E-state index in [1.54, 1.807) is 26.2 Å². The number of rotatable bonds is 6. The van der Waals surface area contributed by atoms with E-state index in [4.69, 9.17) is 4.74 Å². The minimum absolute atomic E-state index is 0.239. The summed E-state index contributed by atoms with van der Waals surface area (Å²) >= 11 is 5.46. The van der Waals surface area contributed by atoms with Crippen molar-refractivity contribution in [2.45, 2.75) is 13.0 Å². The summed E-state index contributed by atoms with van der Waals surface area (Å²) in [4.78, 5) is 23.9. The molecule has 0 bridgehead atoms. The van der Waals surface area contributed by atoms with Crippen LogP contribution in [0.25, 0.3) is 0 Å². The summed E-state index contributed by atoms with van der Waals surface area (Å²) in [5.41, 5.74) is 0.508. The minimum atomic E-state index is -0.607. The van der Waals surface area contributed by atoms with Crippen molar-refractivity contribution in [1.29, 1.82) is 0 Å². The van der Waals surface area contributed by atoms with Crippen molar-refractivity contribution in [3.05, 3.63) is 31.8 Å². The number of halogens is 2. The molecule has 0 saturated carbocycles. The molecule has 0 spiro atoms. The second-order valence-corrected chi connectivity index (χ2v) is 6.20. The van der Waals surface area contributed by atoms with Gasteiger partial charge in [-0.2, -0.15) is 0 Å². The zero-order chi connectivity index (χ0) is 15.1. The van der Waals surface area contributed by atoms with Gasteiger partial charge in [0.15, 0.2) is 0 Å². The highest BCUT2D eigenvalue weighted by Gasteiger charge is 2.17. The first-order valence-electron chi connectivity index (χ1n) is 5.98. The molecule has 1 atom stereocenters. The van der Waals surface area contributed by atoms with E-state index in [0.29, 0.717) is 23.2 Å². The first kappa shape index (κ1) is 17.4. The maximum absolute atomic E-state index is 12.1. The third-order valence-corrected chi connectivity index (χ3v) is 3.88. The van der Waals surface area contributed by atoms with Gasteiger partial charge in [-0.15, -0.1) is 0 Å². The Labute approximate surface area is 140 Å². The van der Waals surface area contributed by atoms with E-state index in [9.17, 15) is 9.59 Å². The Morgan fingerprint density at radius 2 is 2.15 bits per heavy atom. The third-order valence-electron chi connectivity index (χ3n) is 2.52. The molecule has 1 aromatic carbocycles. The van der Waals surface area contributed by atoms with Gasteiger partial charge in [0.1, 0.15) is 6.04 Å². The predicted molar refractivity (Wildman–Crippen MR) is 88.7 cm³/mol. The molecule has 0 saturated heterocycles. The van der Waals surface area contributed by atoms with Gasteiger partial charge in [-0.1, -0.05) is 0 Å². The van der Waals surface area contributed by atoms with E-state index in [0.717, 1.165) is 3.57 Å². The van der Waals surface area contributed by atoms with Crippen molar-refractivity contribution in [3.63, 3.8) is 0 Å². The molecular weight excluding hydrogens is 439 g/mol. The summed E-state index contributed by atoms with van der Waals surface area (Å²) < 4.78 is 6.49. The smallest absolute Gasteiger partial charge is 0.253 e. The molecule has 7 heteroatoms. The highest BCUT2D eigenvalue weighted by molar-refractivity contribution is 14.1. The van der Waals surface area contributed by atoms with Crippen molar-refractivity contribution in [3.8, 4) is 0 Å². The molecule has 1 rings (SSSR count). The Hall–Kier alpha value is -0.670. The monoisotopic (exact) mass is 454 g/mol. The number of methoxy groups -OCH3 is 1. The first-order valence-corrected chi connectivity index (χ1v) is 7.85. The molecule has 0 aliphatic heterocycles. The number of nitrogens with one attached hydrogen (secondary N) is 2. The lowest BCUT2D eigenvalue weighted by molar-refractivity contribution is -0.122. The van der Waals surface area contributed by atoms with Crippen LogP contribution in [0.2, 0.25) is 0 Å². The normalized spacial score (nSPS) is 11.8. The van der Waals surface area contributed by atoms with Crippen LogP contribution in [0, 0.1) is 3.57 Å². The molecule has 1 unspecified atom stereocenters. The first-order chi connectivity index (χ1) is 9.45. The number of carbonyl (C=O) groups excluding carboxylic acids is 2.